The van der Waals surface area contributed by atoms with Gasteiger partial charge in [-0.15, -0.1) is 0 Å². The van der Waals surface area contributed by atoms with Crippen LogP contribution >= 0.6 is 0 Å². The number of allylic oxidation sites excluding steroid dienone is 2. The van der Waals surface area contributed by atoms with Crippen LogP contribution in [0.2, 0.25) is 0 Å². The molecule has 0 fully saturated rings. The van der Waals surface area contributed by atoms with Gasteiger partial charge in [0.2, 0.25) is 0 Å². The fourth-order valence-electron chi connectivity index (χ4n) is 2.13. The topological polar surface area (TPSA) is 34.1 Å². The Morgan fingerprint density at radius 3 is 1.32 bits per heavy atom. The quantitative estimate of drug-likeness (QED) is 0.612. The molecule has 0 aliphatic rings. The first kappa shape index (κ1) is 15.9. The third-order valence-corrected chi connectivity index (χ3v) is 3.97. The van der Waals surface area contributed by atoms with Crippen molar-refractivity contribution in [3.63, 3.8) is 0 Å². The summed E-state index contributed by atoms with van der Waals surface area (Å²) in [5.41, 5.74) is 5.64. The molecule has 2 aromatic rings. The van der Waals surface area contributed by atoms with Crippen LogP contribution in [0.5, 0.6) is 0 Å². The Bertz CT molecular complexity index is 702. The van der Waals surface area contributed by atoms with E-state index in [1.54, 1.807) is 12.1 Å². The van der Waals surface area contributed by atoms with Crippen LogP contribution < -0.4 is 0 Å². The summed E-state index contributed by atoms with van der Waals surface area (Å²) in [7, 11) is 0. The fourth-order valence-corrected chi connectivity index (χ4v) is 2.13. The summed E-state index contributed by atoms with van der Waals surface area (Å²) in [6, 6.07) is 11.1. The number of aryl methyl sites for hydroxylation is 4. The number of rotatable bonds is 4. The van der Waals surface area contributed by atoms with Gasteiger partial charge >= 0.3 is 0 Å². The number of carbonyl (C=O) groups is 2. The molecular formula is C20H20O2. The van der Waals surface area contributed by atoms with Gasteiger partial charge in [0.25, 0.3) is 0 Å². The molecule has 0 heterocycles. The van der Waals surface area contributed by atoms with E-state index in [1.807, 2.05) is 52.0 Å². The predicted octanol–water partition coefficient (Wildman–Crippen LogP) is 4.54. The maximum Gasteiger partial charge on any atom is 0.185 e. The molecule has 0 saturated heterocycles. The molecule has 0 aliphatic heterocycles. The molecule has 22 heavy (non-hydrogen) atoms. The van der Waals surface area contributed by atoms with Crippen molar-refractivity contribution >= 4 is 11.6 Å². The smallest absolute Gasteiger partial charge is 0.185 e. The summed E-state index contributed by atoms with van der Waals surface area (Å²) in [6.45, 7) is 7.94. The molecule has 112 valence electrons. The monoisotopic (exact) mass is 292 g/mol. The van der Waals surface area contributed by atoms with Crippen molar-refractivity contribution in [1.29, 1.82) is 0 Å². The minimum absolute atomic E-state index is 0.153. The molecule has 0 bridgehead atoms. The lowest BCUT2D eigenvalue weighted by atomic mass is 10.0. The Morgan fingerprint density at radius 1 is 0.636 bits per heavy atom. The maximum absolute atomic E-state index is 12.1. The van der Waals surface area contributed by atoms with E-state index in [9.17, 15) is 9.59 Å². The lowest BCUT2D eigenvalue weighted by Gasteiger charge is -2.03. The largest absolute Gasteiger partial charge is 0.289 e. The average Bonchev–Trinajstić information content (AvgIpc) is 2.50. The molecule has 2 aromatic carbocycles. The minimum Gasteiger partial charge on any atom is -0.289 e. The Balaban J connectivity index is 2.16. The van der Waals surface area contributed by atoms with Crippen LogP contribution in [0.4, 0.5) is 0 Å². The van der Waals surface area contributed by atoms with Crippen molar-refractivity contribution in [1.82, 2.24) is 0 Å². The molecule has 0 aliphatic carbocycles. The van der Waals surface area contributed by atoms with Crippen molar-refractivity contribution < 1.29 is 9.59 Å². The van der Waals surface area contributed by atoms with E-state index in [0.717, 1.165) is 22.3 Å². The second kappa shape index (κ2) is 6.52. The first-order valence-electron chi connectivity index (χ1n) is 7.29. The highest BCUT2D eigenvalue weighted by molar-refractivity contribution is 6.12. The number of hydrogen-bond acceptors (Lipinski definition) is 2. The fraction of sp³-hybridized carbons (Fsp3) is 0.200. The number of hydrogen-bond donors (Lipinski definition) is 0. The molecule has 2 rings (SSSR count). The standard InChI is InChI=1S/C20H20O2/c1-13-5-7-17(11-15(13)3)19(21)9-10-20(22)18-8-6-14(2)16(4)12-18/h5-12H,1-4H3/b10-9+. The van der Waals surface area contributed by atoms with Crippen LogP contribution in [0.1, 0.15) is 43.0 Å². The van der Waals surface area contributed by atoms with E-state index >= 15 is 0 Å². The van der Waals surface area contributed by atoms with Crippen LogP contribution in [0.25, 0.3) is 0 Å². The highest BCUT2D eigenvalue weighted by Gasteiger charge is 2.06. The Labute approximate surface area is 131 Å². The highest BCUT2D eigenvalue weighted by Crippen LogP contribution is 2.13. The van der Waals surface area contributed by atoms with Crippen LogP contribution in [0, 0.1) is 27.7 Å². The van der Waals surface area contributed by atoms with E-state index in [-0.39, 0.29) is 11.6 Å². The van der Waals surface area contributed by atoms with Gasteiger partial charge in [0.15, 0.2) is 11.6 Å². The Morgan fingerprint density at radius 2 is 1.00 bits per heavy atom. The summed E-state index contributed by atoms with van der Waals surface area (Å²) >= 11 is 0. The molecule has 0 N–H and O–H groups in total. The molecule has 0 radical (unpaired) electrons. The molecule has 2 heteroatoms. The maximum atomic E-state index is 12.1. The zero-order valence-electron chi connectivity index (χ0n) is 13.4. The van der Waals surface area contributed by atoms with Crippen molar-refractivity contribution in [3.8, 4) is 0 Å². The van der Waals surface area contributed by atoms with Crippen LogP contribution in [-0.2, 0) is 0 Å². The molecule has 0 atom stereocenters. The van der Waals surface area contributed by atoms with Gasteiger partial charge in [0.05, 0.1) is 0 Å². The Kier molecular flexibility index (Phi) is 4.71. The van der Waals surface area contributed by atoms with Gasteiger partial charge in [0.1, 0.15) is 0 Å². The van der Waals surface area contributed by atoms with Crippen LogP contribution in [0.15, 0.2) is 48.6 Å². The van der Waals surface area contributed by atoms with E-state index in [2.05, 4.69) is 0 Å². The Hall–Kier alpha value is -2.48. The summed E-state index contributed by atoms with van der Waals surface area (Å²) in [4.78, 5) is 24.3. The van der Waals surface area contributed by atoms with Gasteiger partial charge in [0, 0.05) is 11.1 Å². The first-order valence-corrected chi connectivity index (χ1v) is 7.29. The lowest BCUT2D eigenvalue weighted by Crippen LogP contribution is -2.00. The van der Waals surface area contributed by atoms with E-state index in [4.69, 9.17) is 0 Å². The first-order chi connectivity index (χ1) is 10.4. The van der Waals surface area contributed by atoms with Crippen molar-refractivity contribution in [2.45, 2.75) is 27.7 Å². The van der Waals surface area contributed by atoms with Crippen molar-refractivity contribution in [3.05, 3.63) is 81.9 Å². The third kappa shape index (κ3) is 3.59. The molecular weight excluding hydrogens is 272 g/mol. The number of carbonyl (C=O) groups excluding carboxylic acids is 2. The van der Waals surface area contributed by atoms with Gasteiger partial charge < -0.3 is 0 Å². The zero-order valence-corrected chi connectivity index (χ0v) is 13.4. The van der Waals surface area contributed by atoms with Gasteiger partial charge in [-0.3, -0.25) is 9.59 Å². The highest BCUT2D eigenvalue weighted by atomic mass is 16.1. The third-order valence-electron chi connectivity index (χ3n) is 3.97. The van der Waals surface area contributed by atoms with Gasteiger partial charge in [-0.2, -0.15) is 0 Å². The molecule has 0 amide bonds. The molecule has 0 spiro atoms. The van der Waals surface area contributed by atoms with Gasteiger partial charge in [-0.1, -0.05) is 24.3 Å². The molecule has 2 nitrogen and oxygen atoms in total. The predicted molar refractivity (Wildman–Crippen MR) is 89.6 cm³/mol. The van der Waals surface area contributed by atoms with Crippen molar-refractivity contribution in [2.75, 3.05) is 0 Å². The summed E-state index contributed by atoms with van der Waals surface area (Å²) < 4.78 is 0. The molecule has 0 unspecified atom stereocenters. The molecule has 0 saturated carbocycles. The summed E-state index contributed by atoms with van der Waals surface area (Å²) in [5.74, 6) is -0.305. The van der Waals surface area contributed by atoms with Crippen molar-refractivity contribution in [2.24, 2.45) is 0 Å². The lowest BCUT2D eigenvalue weighted by molar-refractivity contribution is 0.102. The van der Waals surface area contributed by atoms with Gasteiger partial charge in [-0.05, 0) is 74.2 Å². The van der Waals surface area contributed by atoms with Crippen LogP contribution in [-0.4, -0.2) is 11.6 Å². The SMILES string of the molecule is Cc1ccc(C(=O)/C=C/C(=O)c2ccc(C)c(C)c2)cc1C. The average molecular weight is 292 g/mol. The van der Waals surface area contributed by atoms with Crippen LogP contribution in [0.3, 0.4) is 0 Å². The summed E-state index contributed by atoms with van der Waals surface area (Å²) in [5, 5.41) is 0. The van der Waals surface area contributed by atoms with E-state index < -0.39 is 0 Å². The minimum atomic E-state index is -0.153. The van der Waals surface area contributed by atoms with E-state index in [0.29, 0.717) is 11.1 Å². The normalized spacial score (nSPS) is 10.9. The van der Waals surface area contributed by atoms with Gasteiger partial charge in [-0.25, -0.2) is 0 Å². The second-order valence-corrected chi connectivity index (χ2v) is 5.66. The number of ketones is 2. The van der Waals surface area contributed by atoms with E-state index in [1.165, 1.54) is 12.2 Å². The second-order valence-electron chi connectivity index (χ2n) is 5.66. The molecule has 0 aromatic heterocycles. The number of benzene rings is 2. The summed E-state index contributed by atoms with van der Waals surface area (Å²) in [6.07, 6.45) is 2.70. The zero-order chi connectivity index (χ0) is 16.3.